The van der Waals surface area contributed by atoms with E-state index in [1.54, 1.807) is 22.8 Å². The monoisotopic (exact) mass is 530 g/mol. The predicted molar refractivity (Wildman–Crippen MR) is 149 cm³/mol. The maximum Gasteiger partial charge on any atom is 0.335 e. The molecule has 3 aliphatic rings. The van der Waals surface area contributed by atoms with Crippen molar-refractivity contribution in [1.82, 2.24) is 14.5 Å². The number of aliphatic imine (C=N–C) groups is 1. The Labute approximate surface area is 226 Å². The topological polar surface area (TPSA) is 125 Å². The van der Waals surface area contributed by atoms with Crippen molar-refractivity contribution in [2.75, 3.05) is 6.54 Å². The molecule has 0 bridgehead atoms. The van der Waals surface area contributed by atoms with E-state index < -0.39 is 11.9 Å². The van der Waals surface area contributed by atoms with Gasteiger partial charge in [0.1, 0.15) is 11.7 Å². The molecular formula is C30H34N4O5. The van der Waals surface area contributed by atoms with Crippen LogP contribution >= 0.6 is 0 Å². The van der Waals surface area contributed by atoms with Gasteiger partial charge in [0.05, 0.1) is 27.7 Å². The van der Waals surface area contributed by atoms with Crippen LogP contribution in [0.1, 0.15) is 89.9 Å². The van der Waals surface area contributed by atoms with E-state index in [0.717, 1.165) is 74.5 Å². The van der Waals surface area contributed by atoms with Gasteiger partial charge in [-0.25, -0.2) is 19.6 Å². The smallest absolute Gasteiger partial charge is 0.335 e. The van der Waals surface area contributed by atoms with Gasteiger partial charge in [-0.15, -0.1) is 0 Å². The van der Waals surface area contributed by atoms with Crippen molar-refractivity contribution in [2.24, 2.45) is 4.99 Å². The molecule has 2 N–H and O–H groups in total. The number of carboxylic acid groups (broad SMARTS) is 2. The Bertz CT molecular complexity index is 1490. The Morgan fingerprint density at radius 1 is 0.769 bits per heavy atom. The first-order valence-corrected chi connectivity index (χ1v) is 13.9. The first-order chi connectivity index (χ1) is 18.9. The Hall–Kier alpha value is -4.01. The first-order valence-electron chi connectivity index (χ1n) is 13.9. The zero-order valence-electron chi connectivity index (χ0n) is 22.1. The van der Waals surface area contributed by atoms with Crippen molar-refractivity contribution in [3.63, 3.8) is 0 Å². The zero-order chi connectivity index (χ0) is 27.4. The van der Waals surface area contributed by atoms with Crippen molar-refractivity contribution < 1.29 is 19.8 Å². The third-order valence-corrected chi connectivity index (χ3v) is 7.70. The number of hydrogen-bond donors (Lipinski definition) is 2. The number of fused-ring (bicyclic) bond motifs is 4. The number of amidine groups is 1. The van der Waals surface area contributed by atoms with Crippen LogP contribution in [0.3, 0.4) is 0 Å². The van der Waals surface area contributed by atoms with E-state index in [9.17, 15) is 14.4 Å². The number of carbonyl (C=O) groups is 2. The summed E-state index contributed by atoms with van der Waals surface area (Å²) in [4.78, 5) is 46.1. The molecule has 0 spiro atoms. The average Bonchev–Trinajstić information content (AvgIpc) is 2.89. The standard InChI is InChI=1S/C15H16N2O3.C15H18N2O2/c18-14-11-7-6-10(15(19)20)9-12(11)16-13-5-3-1-2-4-8-17(13)14;18-15(19)11-6-7-12-10-17-8-4-2-1-3-5-14(17)16-13(12)9-11/h6-7,9H,1-5,8H2,(H,19,20);6-7,9H,1-5,8,10H2,(H,18,19). The van der Waals surface area contributed by atoms with Crippen LogP contribution in [0.15, 0.2) is 46.2 Å². The van der Waals surface area contributed by atoms with Crippen LogP contribution in [0.25, 0.3) is 10.9 Å². The second-order valence-corrected chi connectivity index (χ2v) is 10.4. The molecule has 9 nitrogen and oxygen atoms in total. The minimum absolute atomic E-state index is 0.0520. The summed E-state index contributed by atoms with van der Waals surface area (Å²) in [5, 5.41) is 18.6. The van der Waals surface area contributed by atoms with Crippen LogP contribution in [-0.2, 0) is 19.5 Å². The van der Waals surface area contributed by atoms with Gasteiger partial charge in [-0.05, 0) is 61.6 Å². The fraction of sp³-hybridized carbons (Fsp3) is 0.433. The summed E-state index contributed by atoms with van der Waals surface area (Å²) in [6, 6.07) is 9.78. The molecule has 3 aliphatic heterocycles. The highest BCUT2D eigenvalue weighted by Crippen LogP contribution is 2.30. The summed E-state index contributed by atoms with van der Waals surface area (Å²) in [7, 11) is 0. The normalized spacial score (nSPS) is 17.0. The molecule has 0 aliphatic carbocycles. The summed E-state index contributed by atoms with van der Waals surface area (Å²) >= 11 is 0. The molecule has 0 unspecified atom stereocenters. The average molecular weight is 531 g/mol. The van der Waals surface area contributed by atoms with Gasteiger partial charge < -0.3 is 15.1 Å². The van der Waals surface area contributed by atoms with Gasteiger partial charge in [-0.3, -0.25) is 9.36 Å². The Balaban J connectivity index is 0.000000158. The Morgan fingerprint density at radius 2 is 1.44 bits per heavy atom. The van der Waals surface area contributed by atoms with E-state index in [-0.39, 0.29) is 11.1 Å². The van der Waals surface area contributed by atoms with Crippen molar-refractivity contribution in [2.45, 2.75) is 77.3 Å². The number of aromatic nitrogens is 2. The second-order valence-electron chi connectivity index (χ2n) is 10.4. The maximum absolute atomic E-state index is 12.5. The fourth-order valence-corrected chi connectivity index (χ4v) is 5.53. The molecule has 1 fully saturated rings. The van der Waals surface area contributed by atoms with Gasteiger partial charge >= 0.3 is 11.9 Å². The molecule has 0 saturated carbocycles. The number of benzene rings is 2. The molecule has 2 aromatic carbocycles. The minimum Gasteiger partial charge on any atom is -0.478 e. The van der Waals surface area contributed by atoms with E-state index in [2.05, 4.69) is 9.88 Å². The van der Waals surface area contributed by atoms with E-state index in [4.69, 9.17) is 15.2 Å². The molecule has 1 aromatic heterocycles. The highest BCUT2D eigenvalue weighted by atomic mass is 16.4. The van der Waals surface area contributed by atoms with Crippen molar-refractivity contribution >= 4 is 34.4 Å². The van der Waals surface area contributed by atoms with Gasteiger partial charge in [0.15, 0.2) is 0 Å². The summed E-state index contributed by atoms with van der Waals surface area (Å²) in [6.45, 7) is 2.64. The third-order valence-electron chi connectivity index (χ3n) is 7.70. The molecule has 0 radical (unpaired) electrons. The van der Waals surface area contributed by atoms with Gasteiger partial charge in [0.2, 0.25) is 0 Å². The third kappa shape index (κ3) is 6.02. The van der Waals surface area contributed by atoms with Crippen LogP contribution < -0.4 is 5.56 Å². The summed E-state index contributed by atoms with van der Waals surface area (Å²) in [6.07, 6.45) is 11.1. The summed E-state index contributed by atoms with van der Waals surface area (Å²) < 4.78 is 1.75. The fourth-order valence-electron chi connectivity index (χ4n) is 5.53. The van der Waals surface area contributed by atoms with Crippen LogP contribution in [-0.4, -0.2) is 49.0 Å². The SMILES string of the molecule is O=C(O)c1ccc2c(=O)n3c(nc2c1)CCCCCC3.O=C(O)c1ccc2c(c1)N=C1CCCCCCN1C2. The predicted octanol–water partition coefficient (Wildman–Crippen LogP) is 5.41. The van der Waals surface area contributed by atoms with Gasteiger partial charge in [-0.2, -0.15) is 0 Å². The van der Waals surface area contributed by atoms with Crippen molar-refractivity contribution in [3.8, 4) is 0 Å². The lowest BCUT2D eigenvalue weighted by Crippen LogP contribution is -2.34. The molecule has 1 saturated heterocycles. The van der Waals surface area contributed by atoms with E-state index in [1.807, 2.05) is 6.07 Å². The zero-order valence-corrected chi connectivity index (χ0v) is 22.1. The van der Waals surface area contributed by atoms with Gasteiger partial charge in [0.25, 0.3) is 5.56 Å². The minimum atomic E-state index is -0.999. The first kappa shape index (κ1) is 26.6. The number of rotatable bonds is 2. The highest BCUT2D eigenvalue weighted by molar-refractivity contribution is 5.93. The number of nitrogens with zero attached hydrogens (tertiary/aromatic N) is 4. The highest BCUT2D eigenvalue weighted by Gasteiger charge is 2.21. The van der Waals surface area contributed by atoms with E-state index in [1.165, 1.54) is 37.8 Å². The lowest BCUT2D eigenvalue weighted by atomic mass is 10.0. The van der Waals surface area contributed by atoms with E-state index >= 15 is 0 Å². The number of aromatic carboxylic acids is 2. The number of carboxylic acids is 2. The van der Waals surface area contributed by atoms with Crippen LogP contribution in [0.5, 0.6) is 0 Å². The largest absolute Gasteiger partial charge is 0.478 e. The van der Waals surface area contributed by atoms with Crippen LogP contribution in [0.2, 0.25) is 0 Å². The number of aryl methyl sites for hydroxylation is 1. The quantitative estimate of drug-likeness (QED) is 0.454. The lowest BCUT2D eigenvalue weighted by molar-refractivity contribution is 0.0686. The van der Waals surface area contributed by atoms with Crippen molar-refractivity contribution in [3.05, 3.63) is 69.3 Å². The Morgan fingerprint density at radius 3 is 2.21 bits per heavy atom. The molecule has 0 amide bonds. The molecule has 6 rings (SSSR count). The maximum atomic E-state index is 12.5. The number of hydrogen-bond acceptors (Lipinski definition) is 6. The second kappa shape index (κ2) is 11.8. The van der Waals surface area contributed by atoms with Crippen LogP contribution in [0, 0.1) is 0 Å². The van der Waals surface area contributed by atoms with Gasteiger partial charge in [-0.1, -0.05) is 31.7 Å². The van der Waals surface area contributed by atoms with E-state index in [0.29, 0.717) is 23.0 Å². The Kier molecular flexibility index (Phi) is 8.05. The van der Waals surface area contributed by atoms with Crippen molar-refractivity contribution in [1.29, 1.82) is 0 Å². The molecule has 39 heavy (non-hydrogen) atoms. The molecule has 9 heteroatoms. The summed E-state index contributed by atoms with van der Waals surface area (Å²) in [5.74, 6) is 0.0307. The summed E-state index contributed by atoms with van der Waals surface area (Å²) in [5.41, 5.74) is 2.90. The molecule has 3 aromatic rings. The molecule has 0 atom stereocenters. The molecular weight excluding hydrogens is 496 g/mol. The van der Waals surface area contributed by atoms with Gasteiger partial charge in [0, 0.05) is 32.5 Å². The molecule has 204 valence electrons. The molecule has 4 heterocycles. The lowest BCUT2D eigenvalue weighted by Gasteiger charge is -2.32. The van der Waals surface area contributed by atoms with Crippen LogP contribution in [0.4, 0.5) is 5.69 Å².